The number of hydrogen-bond donors (Lipinski definition) is 1. The minimum Gasteiger partial charge on any atom is -0.373 e. The maximum absolute atomic E-state index is 13.0. The number of fused-ring (bicyclic) bond motifs is 1. The lowest BCUT2D eigenvalue weighted by atomic mass is 9.78. The van der Waals surface area contributed by atoms with Crippen molar-refractivity contribution in [3.63, 3.8) is 0 Å². The fourth-order valence-corrected chi connectivity index (χ4v) is 5.90. The molecule has 2 amide bonds. The van der Waals surface area contributed by atoms with Gasteiger partial charge in [-0.05, 0) is 56.0 Å². The van der Waals surface area contributed by atoms with Crippen molar-refractivity contribution in [3.8, 4) is 11.1 Å². The van der Waals surface area contributed by atoms with Crippen molar-refractivity contribution in [3.05, 3.63) is 71.7 Å². The first-order valence-corrected chi connectivity index (χ1v) is 15.1. The Labute approximate surface area is 255 Å². The van der Waals surface area contributed by atoms with Gasteiger partial charge in [0.1, 0.15) is 12.3 Å². The summed E-state index contributed by atoms with van der Waals surface area (Å²) in [6.07, 6.45) is 9.50. The zero-order valence-corrected chi connectivity index (χ0v) is 25.1. The van der Waals surface area contributed by atoms with Crippen molar-refractivity contribution in [2.75, 3.05) is 31.6 Å². The number of piperazine rings is 1. The standard InChI is InChI=1S/C31H35ClN8O3/c1-3-10-43-19-29-34-15-23(16-35-29)21-6-7-40-26(11-21)14-28(37-40)36-30(41)22-12-25(13-22)39-9-8-38(18-20(39)2)31(42)27-5-4-24(32)17-33-27/h4-7,11,14-17,20,22,25H,3,8-10,12-13,18-19H2,1-2H3,(H,36,37,41). The molecular weight excluding hydrogens is 568 g/mol. The van der Waals surface area contributed by atoms with Gasteiger partial charge in [-0.3, -0.25) is 14.5 Å². The minimum atomic E-state index is -0.0762. The summed E-state index contributed by atoms with van der Waals surface area (Å²) in [5.74, 6) is 1.04. The van der Waals surface area contributed by atoms with Gasteiger partial charge in [-0.25, -0.2) is 19.5 Å². The Balaban J connectivity index is 1.00. The predicted molar refractivity (Wildman–Crippen MR) is 163 cm³/mol. The van der Waals surface area contributed by atoms with Crippen LogP contribution in [0.25, 0.3) is 16.6 Å². The van der Waals surface area contributed by atoms with Gasteiger partial charge >= 0.3 is 0 Å². The summed E-state index contributed by atoms with van der Waals surface area (Å²) >= 11 is 5.91. The van der Waals surface area contributed by atoms with Gasteiger partial charge in [0.25, 0.3) is 5.91 Å². The fourth-order valence-electron chi connectivity index (χ4n) is 5.79. The Morgan fingerprint density at radius 1 is 1.05 bits per heavy atom. The molecule has 1 N–H and O–H groups in total. The summed E-state index contributed by atoms with van der Waals surface area (Å²) < 4.78 is 7.26. The predicted octanol–water partition coefficient (Wildman–Crippen LogP) is 4.33. The topological polar surface area (TPSA) is 118 Å². The molecular formula is C31H35ClN8O3. The largest absolute Gasteiger partial charge is 0.373 e. The zero-order chi connectivity index (χ0) is 29.9. The van der Waals surface area contributed by atoms with E-state index < -0.39 is 0 Å². The van der Waals surface area contributed by atoms with Crippen LogP contribution in [-0.4, -0.2) is 84.5 Å². The van der Waals surface area contributed by atoms with E-state index in [-0.39, 0.29) is 23.8 Å². The number of carbonyl (C=O) groups is 2. The number of halogens is 1. The van der Waals surface area contributed by atoms with Crippen LogP contribution in [0.5, 0.6) is 0 Å². The Hall–Kier alpha value is -3.93. The van der Waals surface area contributed by atoms with Gasteiger partial charge in [0.2, 0.25) is 5.91 Å². The molecule has 1 atom stereocenters. The Morgan fingerprint density at radius 3 is 2.58 bits per heavy atom. The smallest absolute Gasteiger partial charge is 0.272 e. The number of amides is 2. The molecule has 1 saturated carbocycles. The molecule has 5 heterocycles. The molecule has 0 spiro atoms. The summed E-state index contributed by atoms with van der Waals surface area (Å²) in [6, 6.07) is 9.70. The van der Waals surface area contributed by atoms with Gasteiger partial charge in [-0.1, -0.05) is 18.5 Å². The van der Waals surface area contributed by atoms with Crippen LogP contribution in [-0.2, 0) is 16.1 Å². The highest BCUT2D eigenvalue weighted by Gasteiger charge is 2.41. The van der Waals surface area contributed by atoms with E-state index in [0.29, 0.717) is 54.7 Å². The first-order chi connectivity index (χ1) is 20.9. The lowest BCUT2D eigenvalue weighted by Crippen LogP contribution is -2.60. The number of ether oxygens (including phenoxy) is 1. The summed E-state index contributed by atoms with van der Waals surface area (Å²) in [5.41, 5.74) is 3.14. The highest BCUT2D eigenvalue weighted by Crippen LogP contribution is 2.35. The lowest BCUT2D eigenvalue weighted by molar-refractivity contribution is -0.125. The van der Waals surface area contributed by atoms with Crippen molar-refractivity contribution in [1.29, 1.82) is 0 Å². The van der Waals surface area contributed by atoms with Gasteiger partial charge < -0.3 is 15.0 Å². The molecule has 2 aliphatic rings. The maximum Gasteiger partial charge on any atom is 0.272 e. The Bertz CT molecular complexity index is 1590. The van der Waals surface area contributed by atoms with E-state index in [0.717, 1.165) is 42.5 Å². The van der Waals surface area contributed by atoms with E-state index in [1.165, 1.54) is 6.20 Å². The van der Waals surface area contributed by atoms with Gasteiger partial charge in [-0.15, -0.1) is 0 Å². The number of aromatic nitrogens is 5. The van der Waals surface area contributed by atoms with Crippen LogP contribution in [0.4, 0.5) is 5.82 Å². The zero-order valence-electron chi connectivity index (χ0n) is 24.3. The molecule has 1 unspecified atom stereocenters. The van der Waals surface area contributed by atoms with Crippen molar-refractivity contribution >= 4 is 34.7 Å². The monoisotopic (exact) mass is 602 g/mol. The normalized spacial score (nSPS) is 20.6. The number of hydrogen-bond acceptors (Lipinski definition) is 8. The van der Waals surface area contributed by atoms with Crippen LogP contribution in [0.1, 0.15) is 49.4 Å². The van der Waals surface area contributed by atoms with Gasteiger partial charge in [-0.2, -0.15) is 5.10 Å². The highest BCUT2D eigenvalue weighted by atomic mass is 35.5. The first kappa shape index (κ1) is 29.2. The van der Waals surface area contributed by atoms with Crippen molar-refractivity contribution in [2.24, 2.45) is 5.92 Å². The molecule has 2 fully saturated rings. The minimum absolute atomic E-state index is 0.00978. The second-order valence-corrected chi connectivity index (χ2v) is 11.7. The molecule has 224 valence electrons. The van der Waals surface area contributed by atoms with Gasteiger partial charge in [0.15, 0.2) is 11.6 Å². The van der Waals surface area contributed by atoms with E-state index >= 15 is 0 Å². The molecule has 12 heteroatoms. The fraction of sp³-hybridized carbons (Fsp3) is 0.419. The quantitative estimate of drug-likeness (QED) is 0.281. The van der Waals surface area contributed by atoms with Crippen LogP contribution in [0.2, 0.25) is 5.02 Å². The summed E-state index contributed by atoms with van der Waals surface area (Å²) in [7, 11) is 0. The second kappa shape index (κ2) is 12.7. The Morgan fingerprint density at radius 2 is 1.86 bits per heavy atom. The molecule has 0 bridgehead atoms. The van der Waals surface area contributed by atoms with E-state index in [9.17, 15) is 9.59 Å². The third-order valence-electron chi connectivity index (χ3n) is 8.20. The third-order valence-corrected chi connectivity index (χ3v) is 8.42. The molecule has 1 saturated heterocycles. The van der Waals surface area contributed by atoms with Crippen LogP contribution in [0.3, 0.4) is 0 Å². The van der Waals surface area contributed by atoms with Gasteiger partial charge in [0.05, 0.1) is 10.5 Å². The molecule has 0 radical (unpaired) electrons. The van der Waals surface area contributed by atoms with Crippen molar-refractivity contribution in [1.82, 2.24) is 34.4 Å². The highest BCUT2D eigenvalue weighted by molar-refractivity contribution is 6.30. The van der Waals surface area contributed by atoms with Gasteiger partial charge in [0, 0.05) is 80.7 Å². The number of rotatable bonds is 9. The molecule has 43 heavy (non-hydrogen) atoms. The van der Waals surface area contributed by atoms with E-state index in [2.05, 4.69) is 44.1 Å². The third kappa shape index (κ3) is 6.53. The van der Waals surface area contributed by atoms with E-state index in [4.69, 9.17) is 16.3 Å². The number of nitrogens with zero attached hydrogens (tertiary/aromatic N) is 7. The number of anilines is 1. The number of pyridine rings is 2. The number of nitrogens with one attached hydrogen (secondary N) is 1. The van der Waals surface area contributed by atoms with Crippen LogP contribution < -0.4 is 5.32 Å². The first-order valence-electron chi connectivity index (χ1n) is 14.7. The lowest BCUT2D eigenvalue weighted by Gasteiger charge is -2.49. The summed E-state index contributed by atoms with van der Waals surface area (Å²) in [6.45, 7) is 7.32. The van der Waals surface area contributed by atoms with Crippen LogP contribution in [0.15, 0.2) is 55.1 Å². The van der Waals surface area contributed by atoms with E-state index in [1.807, 2.05) is 29.3 Å². The number of carbonyl (C=O) groups excluding carboxylic acids is 2. The van der Waals surface area contributed by atoms with Crippen LogP contribution in [0, 0.1) is 5.92 Å². The second-order valence-electron chi connectivity index (χ2n) is 11.3. The van der Waals surface area contributed by atoms with Crippen molar-refractivity contribution in [2.45, 2.75) is 51.8 Å². The Kier molecular flexibility index (Phi) is 8.64. The SMILES string of the molecule is CCCOCc1ncc(-c2ccn3nc(NC(=O)C4CC(N5CCN(C(=O)c6ccc(Cl)cn6)CC5C)C4)cc3c2)cn1. The molecule has 1 aliphatic carbocycles. The van der Waals surface area contributed by atoms with E-state index in [1.54, 1.807) is 29.0 Å². The molecule has 4 aromatic rings. The summed E-state index contributed by atoms with van der Waals surface area (Å²) in [4.78, 5) is 43.2. The molecule has 4 aromatic heterocycles. The average molecular weight is 603 g/mol. The molecule has 6 rings (SSSR count). The summed E-state index contributed by atoms with van der Waals surface area (Å²) in [5, 5.41) is 8.05. The molecule has 1 aliphatic heterocycles. The molecule has 11 nitrogen and oxygen atoms in total. The van der Waals surface area contributed by atoms with Crippen molar-refractivity contribution < 1.29 is 14.3 Å². The average Bonchev–Trinajstić information content (AvgIpc) is 3.39. The molecule has 0 aromatic carbocycles. The maximum atomic E-state index is 13.0. The van der Waals surface area contributed by atoms with Crippen LogP contribution >= 0.6 is 11.6 Å².